The van der Waals surface area contributed by atoms with Crippen molar-refractivity contribution < 1.29 is 18.1 Å². The van der Waals surface area contributed by atoms with Gasteiger partial charge in [0, 0.05) is 44.9 Å². The van der Waals surface area contributed by atoms with E-state index < -0.39 is 14.9 Å². The first-order valence-electron chi connectivity index (χ1n) is 8.50. The van der Waals surface area contributed by atoms with Gasteiger partial charge in [-0.3, -0.25) is 15.0 Å². The van der Waals surface area contributed by atoms with Crippen molar-refractivity contribution >= 4 is 15.7 Å². The lowest BCUT2D eigenvalue weighted by Gasteiger charge is -2.34. The second-order valence-corrected chi connectivity index (χ2v) is 8.22. The van der Waals surface area contributed by atoms with Crippen LogP contribution < -0.4 is 4.74 Å². The molecule has 27 heavy (non-hydrogen) atoms. The molecule has 1 heterocycles. The van der Waals surface area contributed by atoms with Crippen LogP contribution in [0.5, 0.6) is 5.75 Å². The Hall–Kier alpha value is -2.49. The molecule has 1 aliphatic heterocycles. The van der Waals surface area contributed by atoms with Gasteiger partial charge in [0.2, 0.25) is 10.0 Å². The van der Waals surface area contributed by atoms with Gasteiger partial charge in [-0.05, 0) is 29.8 Å². The summed E-state index contributed by atoms with van der Waals surface area (Å²) < 4.78 is 32.1. The molecule has 1 saturated heterocycles. The number of sulfonamides is 1. The lowest BCUT2D eigenvalue weighted by Crippen LogP contribution is -2.48. The molecule has 0 aliphatic carbocycles. The first-order valence-corrected chi connectivity index (χ1v) is 9.94. The van der Waals surface area contributed by atoms with E-state index in [2.05, 4.69) is 4.90 Å². The van der Waals surface area contributed by atoms with E-state index in [9.17, 15) is 18.5 Å². The number of nitrogens with zero attached hydrogens (tertiary/aromatic N) is 3. The van der Waals surface area contributed by atoms with Crippen LogP contribution in [-0.2, 0) is 16.6 Å². The van der Waals surface area contributed by atoms with Crippen LogP contribution in [0.25, 0.3) is 0 Å². The standard InChI is InChI=1S/C18H21N3O5S/c1-26-17-6-8-18(9-7-17)27(24,25)20-12-10-19(11-13-20)14-15-2-4-16(5-3-15)21(22)23/h2-9H,10-14H2,1H3. The minimum atomic E-state index is -3.52. The molecule has 3 rings (SSSR count). The summed E-state index contributed by atoms with van der Waals surface area (Å²) in [6, 6.07) is 12.8. The van der Waals surface area contributed by atoms with Crippen molar-refractivity contribution in [3.63, 3.8) is 0 Å². The van der Waals surface area contributed by atoms with Gasteiger partial charge < -0.3 is 4.74 Å². The van der Waals surface area contributed by atoms with Crippen molar-refractivity contribution in [2.45, 2.75) is 11.4 Å². The van der Waals surface area contributed by atoms with Gasteiger partial charge in [0.15, 0.2) is 0 Å². The molecule has 0 unspecified atom stereocenters. The smallest absolute Gasteiger partial charge is 0.269 e. The third kappa shape index (κ3) is 4.44. The Bertz CT molecular complexity index is 890. The molecule has 9 heteroatoms. The third-order valence-corrected chi connectivity index (χ3v) is 6.49. The fourth-order valence-electron chi connectivity index (χ4n) is 3.01. The number of hydrogen-bond acceptors (Lipinski definition) is 6. The van der Waals surface area contributed by atoms with E-state index in [-0.39, 0.29) is 10.6 Å². The van der Waals surface area contributed by atoms with Crippen LogP contribution in [0.3, 0.4) is 0 Å². The number of ether oxygens (including phenoxy) is 1. The lowest BCUT2D eigenvalue weighted by molar-refractivity contribution is -0.384. The van der Waals surface area contributed by atoms with E-state index in [1.807, 2.05) is 0 Å². The Kier molecular flexibility index (Phi) is 5.73. The number of benzene rings is 2. The highest BCUT2D eigenvalue weighted by Crippen LogP contribution is 2.21. The molecule has 0 bridgehead atoms. The second kappa shape index (κ2) is 8.03. The van der Waals surface area contributed by atoms with Crippen LogP contribution >= 0.6 is 0 Å². The summed E-state index contributed by atoms with van der Waals surface area (Å²) in [5, 5.41) is 10.7. The summed E-state index contributed by atoms with van der Waals surface area (Å²) in [6.07, 6.45) is 0. The monoisotopic (exact) mass is 391 g/mol. The summed E-state index contributed by atoms with van der Waals surface area (Å²) in [5.74, 6) is 0.613. The Morgan fingerprint density at radius 3 is 2.11 bits per heavy atom. The predicted molar refractivity (Wildman–Crippen MR) is 100 cm³/mol. The molecule has 0 saturated carbocycles. The number of nitro benzene ring substituents is 1. The fraction of sp³-hybridized carbons (Fsp3) is 0.333. The van der Waals surface area contributed by atoms with Gasteiger partial charge in [-0.1, -0.05) is 12.1 Å². The maximum absolute atomic E-state index is 12.8. The van der Waals surface area contributed by atoms with Gasteiger partial charge in [-0.2, -0.15) is 4.31 Å². The van der Waals surface area contributed by atoms with Crippen LogP contribution in [0.15, 0.2) is 53.4 Å². The molecule has 0 radical (unpaired) electrons. The number of nitro groups is 1. The molecule has 2 aromatic rings. The molecule has 8 nitrogen and oxygen atoms in total. The Morgan fingerprint density at radius 2 is 1.59 bits per heavy atom. The minimum absolute atomic E-state index is 0.0640. The summed E-state index contributed by atoms with van der Waals surface area (Å²) in [6.45, 7) is 2.65. The average Bonchev–Trinajstić information content (AvgIpc) is 2.69. The molecule has 0 amide bonds. The molecule has 0 spiro atoms. The van der Waals surface area contributed by atoms with Gasteiger partial charge in [-0.15, -0.1) is 0 Å². The zero-order chi connectivity index (χ0) is 19.4. The maximum Gasteiger partial charge on any atom is 0.269 e. The van der Waals surface area contributed by atoms with E-state index >= 15 is 0 Å². The van der Waals surface area contributed by atoms with E-state index in [1.54, 1.807) is 36.4 Å². The third-order valence-electron chi connectivity index (χ3n) is 4.58. The summed E-state index contributed by atoms with van der Waals surface area (Å²) in [5.41, 5.74) is 1.03. The molecule has 0 N–H and O–H groups in total. The number of piperazine rings is 1. The van der Waals surface area contributed by atoms with Gasteiger partial charge in [-0.25, -0.2) is 8.42 Å². The molecule has 2 aromatic carbocycles. The van der Waals surface area contributed by atoms with Gasteiger partial charge in [0.05, 0.1) is 16.9 Å². The van der Waals surface area contributed by atoms with Crippen molar-refractivity contribution in [3.8, 4) is 5.75 Å². The number of hydrogen-bond donors (Lipinski definition) is 0. The quantitative estimate of drug-likeness (QED) is 0.553. The molecular weight excluding hydrogens is 370 g/mol. The van der Waals surface area contributed by atoms with E-state index in [1.165, 1.54) is 23.5 Å². The second-order valence-electron chi connectivity index (χ2n) is 6.28. The van der Waals surface area contributed by atoms with Crippen molar-refractivity contribution in [1.82, 2.24) is 9.21 Å². The highest BCUT2D eigenvalue weighted by Gasteiger charge is 2.28. The van der Waals surface area contributed by atoms with E-state index in [4.69, 9.17) is 4.74 Å². The minimum Gasteiger partial charge on any atom is -0.497 e. The first kappa shape index (κ1) is 19.3. The summed E-state index contributed by atoms with van der Waals surface area (Å²) in [7, 11) is -1.99. The number of methoxy groups -OCH3 is 1. The molecule has 0 atom stereocenters. The van der Waals surface area contributed by atoms with Crippen molar-refractivity contribution in [2.75, 3.05) is 33.3 Å². The first-order chi connectivity index (χ1) is 12.9. The van der Waals surface area contributed by atoms with Crippen molar-refractivity contribution in [2.24, 2.45) is 0 Å². The molecule has 1 aliphatic rings. The zero-order valence-corrected chi connectivity index (χ0v) is 15.8. The van der Waals surface area contributed by atoms with E-state index in [0.29, 0.717) is 38.5 Å². The Morgan fingerprint density at radius 1 is 1.00 bits per heavy atom. The highest BCUT2D eigenvalue weighted by atomic mass is 32.2. The SMILES string of the molecule is COc1ccc(S(=O)(=O)N2CCN(Cc3ccc([N+](=O)[O-])cc3)CC2)cc1. The van der Waals surface area contributed by atoms with E-state index in [0.717, 1.165) is 5.56 Å². The van der Waals surface area contributed by atoms with Crippen LogP contribution in [0.2, 0.25) is 0 Å². The topological polar surface area (TPSA) is 93.0 Å². The number of rotatable bonds is 6. The predicted octanol–water partition coefficient (Wildman–Crippen LogP) is 2.11. The fourth-order valence-corrected chi connectivity index (χ4v) is 4.43. The van der Waals surface area contributed by atoms with Crippen molar-refractivity contribution in [3.05, 3.63) is 64.2 Å². The molecule has 1 fully saturated rings. The normalized spacial score (nSPS) is 16.2. The van der Waals surface area contributed by atoms with Gasteiger partial charge in [0.25, 0.3) is 5.69 Å². The van der Waals surface area contributed by atoms with Gasteiger partial charge >= 0.3 is 0 Å². The zero-order valence-electron chi connectivity index (χ0n) is 14.9. The maximum atomic E-state index is 12.8. The van der Waals surface area contributed by atoms with Crippen LogP contribution in [-0.4, -0.2) is 55.8 Å². The Labute approximate surface area is 158 Å². The van der Waals surface area contributed by atoms with Crippen LogP contribution in [0.4, 0.5) is 5.69 Å². The highest BCUT2D eigenvalue weighted by molar-refractivity contribution is 7.89. The van der Waals surface area contributed by atoms with Gasteiger partial charge in [0.1, 0.15) is 5.75 Å². The molecule has 0 aromatic heterocycles. The van der Waals surface area contributed by atoms with Crippen molar-refractivity contribution in [1.29, 1.82) is 0 Å². The molecular formula is C18H21N3O5S. The molecule has 144 valence electrons. The summed E-state index contributed by atoms with van der Waals surface area (Å²) >= 11 is 0. The average molecular weight is 391 g/mol. The lowest BCUT2D eigenvalue weighted by atomic mass is 10.2. The number of non-ortho nitro benzene ring substituents is 1. The largest absolute Gasteiger partial charge is 0.497 e. The Balaban J connectivity index is 1.59. The van der Waals surface area contributed by atoms with Crippen LogP contribution in [0, 0.1) is 10.1 Å². The summed E-state index contributed by atoms with van der Waals surface area (Å²) in [4.78, 5) is 12.7. The van der Waals surface area contributed by atoms with Crippen LogP contribution in [0.1, 0.15) is 5.56 Å².